The van der Waals surface area contributed by atoms with Gasteiger partial charge in [-0.3, -0.25) is 0 Å². The number of ether oxygens (including phenoxy) is 1. The number of thiol groups is 1. The molecule has 2 aromatic rings. The molecule has 0 spiro atoms. The molecule has 2 rings (SSSR count). The summed E-state index contributed by atoms with van der Waals surface area (Å²) in [6.45, 7) is 7.39. The number of carbonyl (C=O) groups excluding carboxylic acids is 1. The smallest absolute Gasteiger partial charge is 0.333 e. The van der Waals surface area contributed by atoms with Gasteiger partial charge in [-0.15, -0.1) is 0 Å². The van der Waals surface area contributed by atoms with Gasteiger partial charge in [-0.1, -0.05) is 54.2 Å². The molecule has 0 aliphatic carbocycles. The second-order valence-electron chi connectivity index (χ2n) is 5.26. The van der Waals surface area contributed by atoms with E-state index in [9.17, 15) is 4.79 Å². The van der Waals surface area contributed by atoms with E-state index >= 15 is 0 Å². The second kappa shape index (κ2) is 8.56. The highest BCUT2D eigenvalue weighted by molar-refractivity contribution is 8.13. The second-order valence-corrected chi connectivity index (χ2v) is 7.14. The molecule has 2 aromatic carbocycles. The zero-order chi connectivity index (χ0) is 16.7. The molecular formula is C19H22O3S. The van der Waals surface area contributed by atoms with E-state index in [1.165, 1.54) is 0 Å². The van der Waals surface area contributed by atoms with Gasteiger partial charge < -0.3 is 8.92 Å². The van der Waals surface area contributed by atoms with Crippen LogP contribution in [0.2, 0.25) is 0 Å². The predicted octanol–water partition coefficient (Wildman–Crippen LogP) is 4.55. The maximum atomic E-state index is 11.6. The van der Waals surface area contributed by atoms with Gasteiger partial charge >= 0.3 is 5.97 Å². The lowest BCUT2D eigenvalue weighted by molar-refractivity contribution is -0.144. The molecule has 0 aliphatic rings. The van der Waals surface area contributed by atoms with Crippen molar-refractivity contribution < 1.29 is 13.7 Å². The molecule has 0 fully saturated rings. The van der Waals surface area contributed by atoms with Crippen LogP contribution in [0.4, 0.5) is 0 Å². The summed E-state index contributed by atoms with van der Waals surface area (Å²) >= 11 is -0.937. The van der Waals surface area contributed by atoms with Gasteiger partial charge in [0.2, 0.25) is 0 Å². The van der Waals surface area contributed by atoms with E-state index in [1.807, 2.05) is 43.3 Å². The minimum Gasteiger partial charge on any atom is -0.457 e. The van der Waals surface area contributed by atoms with Crippen molar-refractivity contribution in [3.05, 3.63) is 72.8 Å². The summed E-state index contributed by atoms with van der Waals surface area (Å²) in [4.78, 5) is 13.8. The first-order chi connectivity index (χ1) is 11.1. The van der Waals surface area contributed by atoms with Crippen LogP contribution in [-0.2, 0) is 13.7 Å². The molecule has 0 heterocycles. The fraction of sp³-hybridized carbons (Fsp3) is 0.211. The van der Waals surface area contributed by atoms with Crippen molar-refractivity contribution in [2.75, 3.05) is 6.61 Å². The van der Waals surface area contributed by atoms with Crippen LogP contribution in [0.15, 0.2) is 82.6 Å². The molecule has 0 aliphatic heterocycles. The molecule has 0 saturated carbocycles. The van der Waals surface area contributed by atoms with Crippen LogP contribution in [-0.4, -0.2) is 18.7 Å². The summed E-state index contributed by atoms with van der Waals surface area (Å²) in [7, 11) is 0. The SMILES string of the molecule is C=C(C)C(=O)OC(C)CO[SH](c1ccccc1)c1ccccc1. The van der Waals surface area contributed by atoms with Crippen molar-refractivity contribution in [3.63, 3.8) is 0 Å². The first-order valence-electron chi connectivity index (χ1n) is 7.47. The first-order valence-corrected chi connectivity index (χ1v) is 8.73. The Morgan fingerprint density at radius 2 is 1.52 bits per heavy atom. The zero-order valence-electron chi connectivity index (χ0n) is 13.4. The van der Waals surface area contributed by atoms with Crippen molar-refractivity contribution in [1.29, 1.82) is 0 Å². The van der Waals surface area contributed by atoms with Gasteiger partial charge in [-0.2, -0.15) is 0 Å². The number of esters is 1. The Morgan fingerprint density at radius 1 is 1.04 bits per heavy atom. The zero-order valence-corrected chi connectivity index (χ0v) is 14.3. The predicted molar refractivity (Wildman–Crippen MR) is 94.7 cm³/mol. The number of carbonyl (C=O) groups is 1. The summed E-state index contributed by atoms with van der Waals surface area (Å²) in [6, 6.07) is 20.2. The van der Waals surface area contributed by atoms with Crippen LogP contribution < -0.4 is 0 Å². The third-order valence-electron chi connectivity index (χ3n) is 3.08. The number of hydrogen-bond acceptors (Lipinski definition) is 3. The third-order valence-corrected chi connectivity index (χ3v) is 5.02. The van der Waals surface area contributed by atoms with Gasteiger partial charge in [0.05, 0.1) is 6.61 Å². The molecule has 122 valence electrons. The maximum absolute atomic E-state index is 11.6. The molecule has 0 aromatic heterocycles. The standard InChI is InChI=1S/C19H22O3S/c1-15(2)19(20)22-16(3)14-21-23(17-10-6-4-7-11-17)18-12-8-5-9-13-18/h4-13,16,23H,1,14H2,2-3H3. The van der Waals surface area contributed by atoms with E-state index in [2.05, 4.69) is 30.8 Å². The van der Waals surface area contributed by atoms with Crippen molar-refractivity contribution in [1.82, 2.24) is 0 Å². The van der Waals surface area contributed by atoms with Gasteiger partial charge in [-0.25, -0.2) is 4.79 Å². The normalized spacial score (nSPS) is 12.3. The number of benzene rings is 2. The minimum atomic E-state index is -0.937. The van der Waals surface area contributed by atoms with Gasteiger partial charge in [-0.05, 0) is 38.1 Å². The monoisotopic (exact) mass is 330 g/mol. The fourth-order valence-electron chi connectivity index (χ4n) is 1.92. The van der Waals surface area contributed by atoms with Crippen molar-refractivity contribution in [2.45, 2.75) is 29.7 Å². The lowest BCUT2D eigenvalue weighted by Crippen LogP contribution is -2.20. The minimum absolute atomic E-state index is 0.323. The van der Waals surface area contributed by atoms with Crippen molar-refractivity contribution >= 4 is 17.1 Å². The largest absolute Gasteiger partial charge is 0.457 e. The number of hydrogen-bond donors (Lipinski definition) is 1. The Hall–Kier alpha value is -2.04. The molecule has 0 bridgehead atoms. The van der Waals surface area contributed by atoms with Gasteiger partial charge in [0.15, 0.2) is 0 Å². The average Bonchev–Trinajstić information content (AvgIpc) is 2.57. The first kappa shape index (κ1) is 17.3. The van der Waals surface area contributed by atoms with Crippen LogP contribution in [0.1, 0.15) is 13.8 Å². The lowest BCUT2D eigenvalue weighted by atomic mass is 10.3. The van der Waals surface area contributed by atoms with Crippen LogP contribution >= 0.6 is 11.2 Å². The molecular weight excluding hydrogens is 308 g/mol. The molecule has 0 amide bonds. The third kappa shape index (κ3) is 5.27. The van der Waals surface area contributed by atoms with E-state index in [1.54, 1.807) is 6.92 Å². The Balaban J connectivity index is 2.07. The van der Waals surface area contributed by atoms with E-state index in [0.717, 1.165) is 9.79 Å². The summed E-state index contributed by atoms with van der Waals surface area (Å²) in [6.07, 6.45) is -0.323. The number of rotatable bonds is 7. The van der Waals surface area contributed by atoms with Crippen LogP contribution in [0.25, 0.3) is 0 Å². The molecule has 4 heteroatoms. The van der Waals surface area contributed by atoms with Crippen LogP contribution in [0.5, 0.6) is 0 Å². The van der Waals surface area contributed by atoms with E-state index in [0.29, 0.717) is 12.2 Å². The average molecular weight is 330 g/mol. The van der Waals surface area contributed by atoms with E-state index < -0.39 is 11.2 Å². The molecule has 23 heavy (non-hydrogen) atoms. The highest BCUT2D eigenvalue weighted by atomic mass is 32.2. The summed E-state index contributed by atoms with van der Waals surface area (Å²) in [5.41, 5.74) is 0.394. The molecule has 0 saturated heterocycles. The Morgan fingerprint density at radius 3 is 1.96 bits per heavy atom. The van der Waals surface area contributed by atoms with E-state index in [4.69, 9.17) is 8.92 Å². The van der Waals surface area contributed by atoms with E-state index in [-0.39, 0.29) is 12.1 Å². The van der Waals surface area contributed by atoms with Crippen LogP contribution in [0, 0.1) is 0 Å². The Bertz CT molecular complexity index is 601. The van der Waals surface area contributed by atoms with Gasteiger partial charge in [0, 0.05) is 15.4 Å². The molecule has 0 radical (unpaired) electrons. The lowest BCUT2D eigenvalue weighted by Gasteiger charge is -2.24. The summed E-state index contributed by atoms with van der Waals surface area (Å²) in [5.74, 6) is -0.384. The van der Waals surface area contributed by atoms with Crippen molar-refractivity contribution in [2.24, 2.45) is 0 Å². The quantitative estimate of drug-likeness (QED) is 0.460. The summed E-state index contributed by atoms with van der Waals surface area (Å²) in [5, 5.41) is 0. The fourth-order valence-corrected chi connectivity index (χ4v) is 3.76. The van der Waals surface area contributed by atoms with Crippen molar-refractivity contribution in [3.8, 4) is 0 Å². The molecule has 1 atom stereocenters. The van der Waals surface area contributed by atoms with Gasteiger partial charge in [0.25, 0.3) is 0 Å². The molecule has 1 unspecified atom stereocenters. The maximum Gasteiger partial charge on any atom is 0.333 e. The Kier molecular flexibility index (Phi) is 6.44. The van der Waals surface area contributed by atoms with Crippen LogP contribution in [0.3, 0.4) is 0 Å². The highest BCUT2D eigenvalue weighted by Gasteiger charge is 2.15. The topological polar surface area (TPSA) is 35.5 Å². The summed E-state index contributed by atoms with van der Waals surface area (Å²) < 4.78 is 11.4. The highest BCUT2D eigenvalue weighted by Crippen LogP contribution is 2.45. The molecule has 3 nitrogen and oxygen atoms in total. The molecule has 0 N–H and O–H groups in total. The van der Waals surface area contributed by atoms with Gasteiger partial charge in [0.1, 0.15) is 6.10 Å². The Labute approximate surface area is 140 Å².